The Balaban J connectivity index is 2.13. The topological polar surface area (TPSA) is 45.5 Å². The summed E-state index contributed by atoms with van der Waals surface area (Å²) in [6.45, 7) is 2.31. The van der Waals surface area contributed by atoms with Crippen LogP contribution in [0.1, 0.15) is 29.2 Å². The molecule has 0 saturated carbocycles. The molecule has 1 aromatic carbocycles. The van der Waals surface area contributed by atoms with Crippen LogP contribution in [0.2, 0.25) is 0 Å². The summed E-state index contributed by atoms with van der Waals surface area (Å²) in [5, 5.41) is 10.1. The van der Waals surface area contributed by atoms with Crippen LogP contribution >= 0.6 is 0 Å². The molecule has 3 nitrogen and oxygen atoms in total. The van der Waals surface area contributed by atoms with Crippen molar-refractivity contribution in [1.29, 1.82) is 0 Å². The molecule has 23 heavy (non-hydrogen) atoms. The summed E-state index contributed by atoms with van der Waals surface area (Å²) in [6.07, 6.45) is 0.688. The molecule has 0 fully saturated rings. The number of aromatic hydroxyl groups is 1. The molecule has 0 atom stereocenters. The van der Waals surface area contributed by atoms with Gasteiger partial charge in [0, 0.05) is 29.1 Å². The zero-order chi connectivity index (χ0) is 16.6. The summed E-state index contributed by atoms with van der Waals surface area (Å²) in [4.78, 5) is 8.49. The fraction of sp³-hybridized carbons (Fsp3) is 0.176. The molecular weight excluding hydrogens is 305 g/mol. The molecule has 0 amide bonds. The summed E-state index contributed by atoms with van der Waals surface area (Å²) in [7, 11) is 0. The molecular formula is C17H13F3N2O. The first-order valence-corrected chi connectivity index (χ1v) is 6.94. The lowest BCUT2D eigenvalue weighted by Crippen LogP contribution is -2.09. The number of phenolic OH excluding ortho intramolecular Hbond substituents is 1. The number of benzene rings is 1. The molecule has 2 heterocycles. The van der Waals surface area contributed by atoms with Crippen molar-refractivity contribution in [1.82, 2.24) is 4.98 Å². The Labute approximate surface area is 130 Å². The van der Waals surface area contributed by atoms with E-state index in [4.69, 9.17) is 0 Å². The minimum Gasteiger partial charge on any atom is -0.507 e. The standard InChI is InChI=1S/C17H13F3N2O/c1-10-4-7-22-16(12-5-6-21-9-14(10)12)13-3-2-11(8-15(13)23)17(18,19)20/h2-6,8-9,23H,7H2,1H3. The Hall–Kier alpha value is -2.63. The van der Waals surface area contributed by atoms with Gasteiger partial charge in [0.25, 0.3) is 0 Å². The maximum absolute atomic E-state index is 12.7. The number of rotatable bonds is 1. The first-order chi connectivity index (χ1) is 10.9. The number of halogens is 3. The average Bonchev–Trinajstić information content (AvgIpc) is 2.66. The van der Waals surface area contributed by atoms with Crippen LogP contribution in [0.3, 0.4) is 0 Å². The van der Waals surface area contributed by atoms with Crippen molar-refractivity contribution in [3.8, 4) is 5.75 Å². The Morgan fingerprint density at radius 2 is 1.87 bits per heavy atom. The Kier molecular flexibility index (Phi) is 3.67. The highest BCUT2D eigenvalue weighted by molar-refractivity contribution is 6.17. The third kappa shape index (κ3) is 2.84. The number of alkyl halides is 3. The zero-order valence-electron chi connectivity index (χ0n) is 12.2. The molecule has 2 aromatic rings. The second-order valence-electron chi connectivity index (χ2n) is 5.23. The zero-order valence-corrected chi connectivity index (χ0v) is 12.2. The molecule has 0 bridgehead atoms. The smallest absolute Gasteiger partial charge is 0.416 e. The van der Waals surface area contributed by atoms with Gasteiger partial charge in [-0.3, -0.25) is 9.98 Å². The maximum atomic E-state index is 12.7. The molecule has 1 N–H and O–H groups in total. The minimum absolute atomic E-state index is 0.272. The van der Waals surface area contributed by atoms with E-state index in [1.165, 1.54) is 6.07 Å². The third-order valence-electron chi connectivity index (χ3n) is 3.73. The van der Waals surface area contributed by atoms with Crippen LogP contribution in [0.15, 0.2) is 47.7 Å². The quantitative estimate of drug-likeness (QED) is 0.862. The van der Waals surface area contributed by atoms with E-state index < -0.39 is 17.5 Å². The number of allylic oxidation sites excluding steroid dienone is 1. The lowest BCUT2D eigenvalue weighted by Gasteiger charge is -2.13. The predicted octanol–water partition coefficient (Wildman–Crippen LogP) is 4.06. The monoisotopic (exact) mass is 318 g/mol. The number of aliphatic imine (C=N–C) groups is 1. The minimum atomic E-state index is -4.50. The Bertz CT molecular complexity index is 823. The lowest BCUT2D eigenvalue weighted by atomic mass is 9.95. The maximum Gasteiger partial charge on any atom is 0.416 e. The molecule has 118 valence electrons. The largest absolute Gasteiger partial charge is 0.507 e. The normalized spacial score (nSPS) is 14.6. The van der Waals surface area contributed by atoms with Crippen molar-refractivity contribution in [3.05, 3.63) is 65.0 Å². The Morgan fingerprint density at radius 3 is 2.57 bits per heavy atom. The van der Waals surface area contributed by atoms with Crippen LogP contribution in [-0.4, -0.2) is 22.3 Å². The van der Waals surface area contributed by atoms with E-state index in [1.807, 2.05) is 13.0 Å². The van der Waals surface area contributed by atoms with Gasteiger partial charge in [0.1, 0.15) is 5.75 Å². The van der Waals surface area contributed by atoms with Gasteiger partial charge in [-0.1, -0.05) is 6.08 Å². The number of nitrogens with zero attached hydrogens (tertiary/aromatic N) is 2. The summed E-state index contributed by atoms with van der Waals surface area (Å²) in [5.41, 5.74) is 2.41. The van der Waals surface area contributed by atoms with E-state index in [2.05, 4.69) is 9.98 Å². The summed E-state index contributed by atoms with van der Waals surface area (Å²) < 4.78 is 38.2. The number of phenols is 1. The van der Waals surface area contributed by atoms with E-state index >= 15 is 0 Å². The van der Waals surface area contributed by atoms with Crippen molar-refractivity contribution < 1.29 is 18.3 Å². The summed E-state index contributed by atoms with van der Waals surface area (Å²) >= 11 is 0. The van der Waals surface area contributed by atoms with Gasteiger partial charge in [-0.2, -0.15) is 13.2 Å². The summed E-state index contributed by atoms with van der Waals surface area (Å²) in [6, 6.07) is 4.67. The van der Waals surface area contributed by atoms with Crippen molar-refractivity contribution in [2.24, 2.45) is 4.99 Å². The molecule has 0 unspecified atom stereocenters. The van der Waals surface area contributed by atoms with Gasteiger partial charge in [0.15, 0.2) is 0 Å². The first-order valence-electron chi connectivity index (χ1n) is 6.94. The van der Waals surface area contributed by atoms with E-state index in [1.54, 1.807) is 18.5 Å². The fourth-order valence-electron chi connectivity index (χ4n) is 2.52. The number of aromatic nitrogens is 1. The van der Waals surface area contributed by atoms with Crippen LogP contribution in [0, 0.1) is 0 Å². The van der Waals surface area contributed by atoms with Crippen molar-refractivity contribution in [2.75, 3.05) is 6.54 Å². The molecule has 1 aliphatic rings. The van der Waals surface area contributed by atoms with E-state index in [0.717, 1.165) is 28.8 Å². The number of pyridine rings is 1. The Morgan fingerprint density at radius 1 is 1.09 bits per heavy atom. The van der Waals surface area contributed by atoms with Gasteiger partial charge in [-0.25, -0.2) is 0 Å². The number of hydrogen-bond donors (Lipinski definition) is 1. The third-order valence-corrected chi connectivity index (χ3v) is 3.73. The van der Waals surface area contributed by atoms with E-state index in [0.29, 0.717) is 12.3 Å². The van der Waals surface area contributed by atoms with Crippen molar-refractivity contribution in [3.63, 3.8) is 0 Å². The van der Waals surface area contributed by atoms with Crippen LogP contribution in [0.25, 0.3) is 5.57 Å². The molecule has 0 saturated heterocycles. The molecule has 0 aliphatic carbocycles. The average molecular weight is 318 g/mol. The lowest BCUT2D eigenvalue weighted by molar-refractivity contribution is -0.137. The van der Waals surface area contributed by atoms with Crippen LogP contribution in [0.4, 0.5) is 13.2 Å². The van der Waals surface area contributed by atoms with Crippen molar-refractivity contribution >= 4 is 11.3 Å². The van der Waals surface area contributed by atoms with E-state index in [9.17, 15) is 18.3 Å². The van der Waals surface area contributed by atoms with E-state index in [-0.39, 0.29) is 5.56 Å². The van der Waals surface area contributed by atoms with Gasteiger partial charge in [0.2, 0.25) is 0 Å². The highest BCUT2D eigenvalue weighted by Crippen LogP contribution is 2.34. The molecule has 0 spiro atoms. The van der Waals surface area contributed by atoms with Gasteiger partial charge < -0.3 is 5.11 Å². The summed E-state index contributed by atoms with van der Waals surface area (Å²) in [5.74, 6) is -0.444. The predicted molar refractivity (Wildman–Crippen MR) is 81.5 cm³/mol. The van der Waals surface area contributed by atoms with Gasteiger partial charge in [-0.05, 0) is 36.8 Å². The van der Waals surface area contributed by atoms with Crippen molar-refractivity contribution in [2.45, 2.75) is 13.1 Å². The van der Waals surface area contributed by atoms with Crippen LogP contribution < -0.4 is 0 Å². The number of fused-ring (bicyclic) bond motifs is 1. The van der Waals surface area contributed by atoms with Crippen LogP contribution in [0.5, 0.6) is 5.75 Å². The second kappa shape index (κ2) is 5.53. The first kappa shape index (κ1) is 15.3. The SMILES string of the molecule is CC1=CCN=C(c2ccc(C(F)(F)F)cc2O)c2ccncc21. The molecule has 1 aliphatic heterocycles. The molecule has 6 heteroatoms. The number of hydrogen-bond acceptors (Lipinski definition) is 3. The van der Waals surface area contributed by atoms with Gasteiger partial charge in [0.05, 0.1) is 17.8 Å². The van der Waals surface area contributed by atoms with Crippen LogP contribution in [-0.2, 0) is 6.18 Å². The van der Waals surface area contributed by atoms with Gasteiger partial charge >= 0.3 is 6.18 Å². The molecule has 0 radical (unpaired) electrons. The fourth-order valence-corrected chi connectivity index (χ4v) is 2.52. The molecule has 1 aromatic heterocycles. The molecule has 3 rings (SSSR count). The second-order valence-corrected chi connectivity index (χ2v) is 5.23. The highest BCUT2D eigenvalue weighted by atomic mass is 19.4. The van der Waals surface area contributed by atoms with Gasteiger partial charge in [-0.15, -0.1) is 0 Å². The highest BCUT2D eigenvalue weighted by Gasteiger charge is 2.31.